The van der Waals surface area contributed by atoms with Gasteiger partial charge in [-0.1, -0.05) is 35.0 Å². The molecule has 4 heteroatoms. The summed E-state index contributed by atoms with van der Waals surface area (Å²) in [5.74, 6) is 1.54. The molecule has 1 aliphatic rings. The Bertz CT molecular complexity index is 414. The van der Waals surface area contributed by atoms with Crippen LogP contribution in [-0.4, -0.2) is 25.6 Å². The molecule has 1 saturated carbocycles. The van der Waals surface area contributed by atoms with Crippen molar-refractivity contribution in [3.05, 3.63) is 34.3 Å². The van der Waals surface area contributed by atoms with Gasteiger partial charge in [-0.3, -0.25) is 4.99 Å². The van der Waals surface area contributed by atoms with Crippen LogP contribution in [0.15, 0.2) is 33.7 Å². The zero-order chi connectivity index (χ0) is 13.0. The Balaban J connectivity index is 1.85. The Kier molecular flexibility index (Phi) is 4.64. The van der Waals surface area contributed by atoms with Crippen LogP contribution < -0.4 is 10.6 Å². The van der Waals surface area contributed by atoms with Crippen molar-refractivity contribution in [3.8, 4) is 0 Å². The van der Waals surface area contributed by atoms with Crippen LogP contribution in [0.25, 0.3) is 0 Å². The van der Waals surface area contributed by atoms with Crippen molar-refractivity contribution in [1.29, 1.82) is 0 Å². The molecule has 0 aliphatic heterocycles. The van der Waals surface area contributed by atoms with Crippen molar-refractivity contribution >= 4 is 21.9 Å². The average molecular weight is 310 g/mol. The summed E-state index contributed by atoms with van der Waals surface area (Å²) in [6.07, 6.45) is 2.30. The number of halogens is 1. The van der Waals surface area contributed by atoms with E-state index in [1.807, 2.05) is 7.05 Å². The molecule has 2 unspecified atom stereocenters. The van der Waals surface area contributed by atoms with Gasteiger partial charge in [-0.05, 0) is 30.5 Å². The zero-order valence-corrected chi connectivity index (χ0v) is 12.5. The highest BCUT2D eigenvalue weighted by Gasteiger charge is 2.38. The quantitative estimate of drug-likeness (QED) is 0.663. The van der Waals surface area contributed by atoms with Crippen LogP contribution in [0.5, 0.6) is 0 Å². The van der Waals surface area contributed by atoms with E-state index in [0.717, 1.165) is 23.4 Å². The number of hydrogen-bond donors (Lipinski definition) is 2. The monoisotopic (exact) mass is 309 g/mol. The second kappa shape index (κ2) is 6.23. The van der Waals surface area contributed by atoms with Gasteiger partial charge in [0.15, 0.2) is 5.96 Å². The van der Waals surface area contributed by atoms with Crippen LogP contribution in [0.4, 0.5) is 0 Å². The molecule has 2 N–H and O–H groups in total. The molecular formula is C14H20BrN3. The molecule has 2 rings (SSSR count). The lowest BCUT2D eigenvalue weighted by Gasteiger charge is -2.10. The first-order valence-corrected chi connectivity index (χ1v) is 7.26. The average Bonchev–Trinajstić information content (AvgIpc) is 3.14. The molecule has 3 nitrogen and oxygen atoms in total. The molecular weight excluding hydrogens is 290 g/mol. The van der Waals surface area contributed by atoms with Crippen LogP contribution >= 0.6 is 15.9 Å². The number of rotatable bonds is 4. The van der Waals surface area contributed by atoms with Crippen molar-refractivity contribution in [2.75, 3.05) is 13.6 Å². The molecule has 98 valence electrons. The Hall–Kier alpha value is -1.03. The first-order chi connectivity index (χ1) is 8.74. The Morgan fingerprint density at radius 3 is 2.72 bits per heavy atom. The summed E-state index contributed by atoms with van der Waals surface area (Å²) >= 11 is 3.47. The largest absolute Gasteiger partial charge is 0.356 e. The number of guanidine groups is 1. The van der Waals surface area contributed by atoms with Crippen LogP contribution in [0.3, 0.4) is 0 Å². The predicted molar refractivity (Wildman–Crippen MR) is 80.1 cm³/mol. The van der Waals surface area contributed by atoms with Crippen LogP contribution in [0, 0.1) is 0 Å². The molecule has 2 atom stereocenters. The highest BCUT2D eigenvalue weighted by atomic mass is 79.9. The number of hydrogen-bond acceptors (Lipinski definition) is 1. The lowest BCUT2D eigenvalue weighted by atomic mass is 10.1. The van der Waals surface area contributed by atoms with E-state index in [9.17, 15) is 0 Å². The van der Waals surface area contributed by atoms with Gasteiger partial charge in [0.25, 0.3) is 0 Å². The lowest BCUT2D eigenvalue weighted by molar-refractivity contribution is 0.769. The van der Waals surface area contributed by atoms with Gasteiger partial charge in [-0.15, -0.1) is 0 Å². The van der Waals surface area contributed by atoms with E-state index < -0.39 is 0 Å². The van der Waals surface area contributed by atoms with Crippen molar-refractivity contribution in [1.82, 2.24) is 10.6 Å². The van der Waals surface area contributed by atoms with Gasteiger partial charge in [-0.25, -0.2) is 0 Å². The van der Waals surface area contributed by atoms with Gasteiger partial charge in [0.05, 0.1) is 0 Å². The highest BCUT2D eigenvalue weighted by molar-refractivity contribution is 9.10. The topological polar surface area (TPSA) is 36.4 Å². The molecule has 18 heavy (non-hydrogen) atoms. The van der Waals surface area contributed by atoms with Gasteiger partial charge in [0, 0.05) is 30.0 Å². The third-order valence-electron chi connectivity index (χ3n) is 3.18. The van der Waals surface area contributed by atoms with Crippen molar-refractivity contribution in [3.63, 3.8) is 0 Å². The minimum absolute atomic E-state index is 0.522. The maximum Gasteiger partial charge on any atom is 0.191 e. The summed E-state index contributed by atoms with van der Waals surface area (Å²) in [5, 5.41) is 6.77. The molecule has 0 amide bonds. The van der Waals surface area contributed by atoms with E-state index in [4.69, 9.17) is 0 Å². The number of benzene rings is 1. The molecule has 1 aromatic rings. The van der Waals surface area contributed by atoms with Crippen LogP contribution in [0.2, 0.25) is 0 Å². The molecule has 0 heterocycles. The second-order valence-electron chi connectivity index (χ2n) is 4.64. The van der Waals surface area contributed by atoms with E-state index in [1.165, 1.54) is 12.0 Å². The van der Waals surface area contributed by atoms with Gasteiger partial charge < -0.3 is 10.6 Å². The molecule has 0 saturated heterocycles. The summed E-state index contributed by atoms with van der Waals surface area (Å²) in [6.45, 7) is 3.12. The molecule has 1 aromatic carbocycles. The fourth-order valence-corrected chi connectivity index (χ4v) is 2.31. The molecule has 0 aromatic heterocycles. The van der Waals surface area contributed by atoms with Crippen LogP contribution in [0.1, 0.15) is 31.2 Å². The van der Waals surface area contributed by atoms with Crippen molar-refractivity contribution < 1.29 is 0 Å². The summed E-state index contributed by atoms with van der Waals surface area (Å²) in [6, 6.07) is 9.12. The van der Waals surface area contributed by atoms with Gasteiger partial charge in [0.2, 0.25) is 0 Å². The summed E-state index contributed by atoms with van der Waals surface area (Å²) in [7, 11) is 1.82. The first kappa shape index (κ1) is 13.4. The summed E-state index contributed by atoms with van der Waals surface area (Å²) < 4.78 is 1.14. The van der Waals surface area contributed by atoms with Gasteiger partial charge in [-0.2, -0.15) is 0 Å². The minimum atomic E-state index is 0.522. The first-order valence-electron chi connectivity index (χ1n) is 6.47. The third-order valence-corrected chi connectivity index (χ3v) is 3.71. The maximum absolute atomic E-state index is 4.23. The SMILES string of the molecule is CCCNC(=NC)NC1CC1c1ccc(Br)cc1. The van der Waals surface area contributed by atoms with E-state index in [1.54, 1.807) is 0 Å². The minimum Gasteiger partial charge on any atom is -0.356 e. The normalized spacial score (nSPS) is 22.7. The predicted octanol–water partition coefficient (Wildman–Crippen LogP) is 2.88. The number of nitrogens with one attached hydrogen (secondary N) is 2. The Morgan fingerprint density at radius 1 is 1.39 bits per heavy atom. The highest BCUT2D eigenvalue weighted by Crippen LogP contribution is 2.40. The fraction of sp³-hybridized carbons (Fsp3) is 0.500. The molecule has 1 fully saturated rings. The molecule has 0 bridgehead atoms. The smallest absolute Gasteiger partial charge is 0.191 e. The molecule has 1 aliphatic carbocycles. The third kappa shape index (κ3) is 3.48. The Labute approximate surface area is 117 Å². The van der Waals surface area contributed by atoms with E-state index in [0.29, 0.717) is 12.0 Å². The molecule has 0 spiro atoms. The zero-order valence-electron chi connectivity index (χ0n) is 10.9. The summed E-state index contributed by atoms with van der Waals surface area (Å²) in [5.41, 5.74) is 1.40. The second-order valence-corrected chi connectivity index (χ2v) is 5.56. The standard InChI is InChI=1S/C14H20BrN3/c1-3-8-17-14(16-2)18-13-9-12(13)10-4-6-11(15)7-5-10/h4-7,12-13H,3,8-9H2,1-2H3,(H2,16,17,18). The van der Waals surface area contributed by atoms with Gasteiger partial charge in [0.1, 0.15) is 0 Å². The fourth-order valence-electron chi connectivity index (χ4n) is 2.05. The molecule has 0 radical (unpaired) electrons. The number of nitrogens with zero attached hydrogens (tertiary/aromatic N) is 1. The van der Waals surface area contributed by atoms with E-state index in [2.05, 4.69) is 62.7 Å². The Morgan fingerprint density at radius 2 is 2.11 bits per heavy atom. The summed E-state index contributed by atoms with van der Waals surface area (Å²) in [4.78, 5) is 4.23. The van der Waals surface area contributed by atoms with Crippen molar-refractivity contribution in [2.24, 2.45) is 4.99 Å². The van der Waals surface area contributed by atoms with E-state index in [-0.39, 0.29) is 0 Å². The maximum atomic E-state index is 4.23. The van der Waals surface area contributed by atoms with Crippen molar-refractivity contribution in [2.45, 2.75) is 31.7 Å². The lowest BCUT2D eigenvalue weighted by Crippen LogP contribution is -2.39. The van der Waals surface area contributed by atoms with Gasteiger partial charge >= 0.3 is 0 Å². The number of aliphatic imine (C=N–C) groups is 1. The van der Waals surface area contributed by atoms with E-state index >= 15 is 0 Å². The van der Waals surface area contributed by atoms with Crippen LogP contribution in [-0.2, 0) is 0 Å².